The molecule has 3 nitrogen and oxygen atoms in total. The summed E-state index contributed by atoms with van der Waals surface area (Å²) in [5.41, 5.74) is 3.93. The number of benzene rings is 4. The molecule has 0 spiro atoms. The van der Waals surface area contributed by atoms with Gasteiger partial charge in [-0.15, -0.1) is 0 Å². The summed E-state index contributed by atoms with van der Waals surface area (Å²) >= 11 is 0. The van der Waals surface area contributed by atoms with Crippen LogP contribution in [0, 0.1) is 6.07 Å². The first-order valence-electron chi connectivity index (χ1n) is 8.56. The molecule has 3 N–H and O–H groups in total. The average molecular weight is 353 g/mol. The Kier molecular flexibility index (Phi) is 4.27. The summed E-state index contributed by atoms with van der Waals surface area (Å²) in [6, 6.07) is 27.9. The number of para-hydroxylation sites is 3. The van der Waals surface area contributed by atoms with E-state index in [2.05, 4.69) is 6.07 Å². The van der Waals surface area contributed by atoms with Crippen molar-refractivity contribution in [3.63, 3.8) is 0 Å². The van der Waals surface area contributed by atoms with E-state index in [9.17, 15) is 15.3 Å². The molecule has 0 aromatic heterocycles. The number of aromatic hydroxyl groups is 3. The van der Waals surface area contributed by atoms with Gasteiger partial charge in [0.05, 0.1) is 0 Å². The quantitative estimate of drug-likeness (QED) is 0.449. The Morgan fingerprint density at radius 3 is 1.52 bits per heavy atom. The van der Waals surface area contributed by atoms with Crippen LogP contribution in [0.3, 0.4) is 0 Å². The fourth-order valence-electron chi connectivity index (χ4n) is 3.29. The van der Waals surface area contributed by atoms with E-state index in [-0.39, 0.29) is 17.2 Å². The van der Waals surface area contributed by atoms with Gasteiger partial charge in [-0.1, -0.05) is 66.7 Å². The highest BCUT2D eigenvalue weighted by atomic mass is 16.3. The Hall–Kier alpha value is -3.72. The van der Waals surface area contributed by atoms with Gasteiger partial charge in [-0.05, 0) is 29.8 Å². The highest BCUT2D eigenvalue weighted by molar-refractivity contribution is 5.97. The second-order valence-corrected chi connectivity index (χ2v) is 6.19. The van der Waals surface area contributed by atoms with Crippen LogP contribution in [0.15, 0.2) is 84.9 Å². The average Bonchev–Trinajstić information content (AvgIpc) is 2.69. The van der Waals surface area contributed by atoms with E-state index in [0.717, 1.165) is 5.56 Å². The number of hydrogen-bond donors (Lipinski definition) is 3. The first-order chi connectivity index (χ1) is 13.2. The number of phenolic OH excluding ortho intramolecular Hbond substituents is 3. The van der Waals surface area contributed by atoms with Gasteiger partial charge < -0.3 is 15.3 Å². The Bertz CT molecular complexity index is 1050. The van der Waals surface area contributed by atoms with Crippen LogP contribution in [-0.2, 0) is 0 Å². The molecular formula is C24H17O3. The minimum absolute atomic E-state index is 0.116. The summed E-state index contributed by atoms with van der Waals surface area (Å²) in [6.45, 7) is 0. The lowest BCUT2D eigenvalue weighted by atomic mass is 9.87. The van der Waals surface area contributed by atoms with Gasteiger partial charge in [0, 0.05) is 27.8 Å². The van der Waals surface area contributed by atoms with Crippen molar-refractivity contribution in [2.24, 2.45) is 0 Å². The van der Waals surface area contributed by atoms with E-state index in [1.54, 1.807) is 48.5 Å². The van der Waals surface area contributed by atoms with Crippen LogP contribution in [0.25, 0.3) is 33.4 Å². The molecule has 0 amide bonds. The van der Waals surface area contributed by atoms with Crippen LogP contribution < -0.4 is 0 Å². The first kappa shape index (κ1) is 16.7. The lowest BCUT2D eigenvalue weighted by molar-refractivity contribution is 0.475. The maximum absolute atomic E-state index is 10.5. The SMILES string of the molecule is Oc1ccccc1-c1[c]ccc(-c2ccccc2O)c1-c1ccccc1O. The first-order valence-corrected chi connectivity index (χ1v) is 8.56. The van der Waals surface area contributed by atoms with E-state index >= 15 is 0 Å². The second kappa shape index (κ2) is 6.89. The monoisotopic (exact) mass is 353 g/mol. The van der Waals surface area contributed by atoms with Crippen molar-refractivity contribution in [2.45, 2.75) is 0 Å². The molecule has 0 heterocycles. The fraction of sp³-hybridized carbons (Fsp3) is 0. The number of phenols is 3. The van der Waals surface area contributed by atoms with Gasteiger partial charge >= 0.3 is 0 Å². The van der Waals surface area contributed by atoms with Crippen LogP contribution in [-0.4, -0.2) is 15.3 Å². The summed E-state index contributed by atoms with van der Waals surface area (Å²) in [5, 5.41) is 31.3. The third-order valence-corrected chi connectivity index (χ3v) is 4.54. The smallest absolute Gasteiger partial charge is 0.123 e. The Morgan fingerprint density at radius 2 is 0.963 bits per heavy atom. The standard InChI is InChI=1S/C24H17O3/c25-21-13-4-1-8-16(21)18-11-7-12-19(17-9-2-5-14-22(17)26)24(18)20-10-3-6-15-23(20)27/h1-11,13-15,25-27H. The van der Waals surface area contributed by atoms with Crippen LogP contribution in [0.4, 0.5) is 0 Å². The highest BCUT2D eigenvalue weighted by Gasteiger charge is 2.19. The number of rotatable bonds is 3. The van der Waals surface area contributed by atoms with Crippen molar-refractivity contribution in [2.75, 3.05) is 0 Å². The predicted molar refractivity (Wildman–Crippen MR) is 107 cm³/mol. The van der Waals surface area contributed by atoms with Crippen molar-refractivity contribution in [1.29, 1.82) is 0 Å². The van der Waals surface area contributed by atoms with Crippen LogP contribution >= 0.6 is 0 Å². The van der Waals surface area contributed by atoms with Gasteiger partial charge in [-0.3, -0.25) is 0 Å². The van der Waals surface area contributed by atoms with Crippen LogP contribution in [0.5, 0.6) is 17.2 Å². The number of hydrogen-bond acceptors (Lipinski definition) is 3. The summed E-state index contributed by atoms with van der Waals surface area (Å²) in [7, 11) is 0. The molecule has 4 aromatic rings. The third-order valence-electron chi connectivity index (χ3n) is 4.54. The van der Waals surface area contributed by atoms with Crippen molar-refractivity contribution in [3.05, 3.63) is 91.0 Å². The van der Waals surface area contributed by atoms with E-state index in [1.807, 2.05) is 36.4 Å². The molecule has 0 fully saturated rings. The molecule has 4 rings (SSSR count). The third kappa shape index (κ3) is 3.00. The van der Waals surface area contributed by atoms with Crippen molar-refractivity contribution in [3.8, 4) is 50.6 Å². The van der Waals surface area contributed by atoms with E-state index in [4.69, 9.17) is 0 Å². The summed E-state index contributed by atoms with van der Waals surface area (Å²) in [6.07, 6.45) is 0. The zero-order valence-electron chi connectivity index (χ0n) is 14.4. The molecule has 27 heavy (non-hydrogen) atoms. The lowest BCUT2D eigenvalue weighted by Crippen LogP contribution is -1.92. The Balaban J connectivity index is 2.10. The summed E-state index contributed by atoms with van der Waals surface area (Å²) in [5.74, 6) is 0.383. The molecule has 1 radical (unpaired) electrons. The van der Waals surface area contributed by atoms with Crippen LogP contribution in [0.1, 0.15) is 0 Å². The second-order valence-electron chi connectivity index (χ2n) is 6.19. The summed E-state index contributed by atoms with van der Waals surface area (Å²) < 4.78 is 0. The maximum Gasteiger partial charge on any atom is 0.123 e. The van der Waals surface area contributed by atoms with Gasteiger partial charge in [-0.25, -0.2) is 0 Å². The molecular weight excluding hydrogens is 336 g/mol. The van der Waals surface area contributed by atoms with E-state index in [0.29, 0.717) is 27.8 Å². The predicted octanol–water partition coefficient (Wildman–Crippen LogP) is 5.60. The molecule has 131 valence electrons. The van der Waals surface area contributed by atoms with E-state index < -0.39 is 0 Å². The Morgan fingerprint density at radius 1 is 0.481 bits per heavy atom. The molecule has 0 saturated heterocycles. The zero-order chi connectivity index (χ0) is 18.8. The molecule has 0 atom stereocenters. The van der Waals surface area contributed by atoms with Crippen molar-refractivity contribution >= 4 is 0 Å². The highest BCUT2D eigenvalue weighted by Crippen LogP contribution is 2.46. The molecule has 0 aliphatic heterocycles. The van der Waals surface area contributed by atoms with Gasteiger partial charge in [0.1, 0.15) is 17.2 Å². The van der Waals surface area contributed by atoms with Gasteiger partial charge in [0.25, 0.3) is 0 Å². The minimum atomic E-state index is 0.116. The zero-order valence-corrected chi connectivity index (χ0v) is 14.4. The van der Waals surface area contributed by atoms with Crippen molar-refractivity contribution in [1.82, 2.24) is 0 Å². The lowest BCUT2D eigenvalue weighted by Gasteiger charge is -2.18. The minimum Gasteiger partial charge on any atom is -0.507 e. The fourth-order valence-corrected chi connectivity index (χ4v) is 3.29. The molecule has 0 aliphatic carbocycles. The molecule has 0 bridgehead atoms. The topological polar surface area (TPSA) is 60.7 Å². The van der Waals surface area contributed by atoms with Gasteiger partial charge in [-0.2, -0.15) is 0 Å². The Labute approximate surface area is 157 Å². The van der Waals surface area contributed by atoms with Gasteiger partial charge in [0.15, 0.2) is 0 Å². The van der Waals surface area contributed by atoms with Crippen LogP contribution in [0.2, 0.25) is 0 Å². The molecule has 0 unspecified atom stereocenters. The molecule has 0 saturated carbocycles. The maximum atomic E-state index is 10.5. The van der Waals surface area contributed by atoms with Gasteiger partial charge in [0.2, 0.25) is 0 Å². The summed E-state index contributed by atoms with van der Waals surface area (Å²) in [4.78, 5) is 0. The molecule has 0 aliphatic rings. The largest absolute Gasteiger partial charge is 0.507 e. The normalized spacial score (nSPS) is 10.7. The molecule has 3 heteroatoms. The van der Waals surface area contributed by atoms with Crippen molar-refractivity contribution < 1.29 is 15.3 Å². The molecule has 4 aromatic carbocycles. The van der Waals surface area contributed by atoms with E-state index in [1.165, 1.54) is 0 Å².